The Morgan fingerprint density at radius 2 is 2.00 bits per heavy atom. The lowest BCUT2D eigenvalue weighted by Crippen LogP contribution is -2.37. The van der Waals surface area contributed by atoms with E-state index in [0.717, 1.165) is 41.8 Å². The van der Waals surface area contributed by atoms with Gasteiger partial charge in [0.2, 0.25) is 11.8 Å². The molecule has 3 heterocycles. The molecule has 3 aromatic rings. The Balaban J connectivity index is 1.52. The molecule has 1 fully saturated rings. The summed E-state index contributed by atoms with van der Waals surface area (Å²) in [6.07, 6.45) is 4.70. The van der Waals surface area contributed by atoms with E-state index in [0.29, 0.717) is 43.2 Å². The van der Waals surface area contributed by atoms with Gasteiger partial charge < -0.3 is 15.0 Å². The van der Waals surface area contributed by atoms with Gasteiger partial charge in [-0.25, -0.2) is 9.07 Å². The summed E-state index contributed by atoms with van der Waals surface area (Å²) < 4.78 is 21.4. The highest BCUT2D eigenvalue weighted by Gasteiger charge is 2.21. The van der Waals surface area contributed by atoms with Crippen LogP contribution < -0.4 is 10.1 Å². The number of nitrogens with zero attached hydrogens (tertiary/aromatic N) is 4. The van der Waals surface area contributed by atoms with Crippen LogP contribution in [0.3, 0.4) is 0 Å². The van der Waals surface area contributed by atoms with Gasteiger partial charge in [-0.2, -0.15) is 10.1 Å². The molecule has 0 saturated carbocycles. The Morgan fingerprint density at radius 3 is 2.74 bits per heavy atom. The van der Waals surface area contributed by atoms with Crippen molar-refractivity contribution in [3.05, 3.63) is 46.9 Å². The van der Waals surface area contributed by atoms with Crippen LogP contribution in [0.15, 0.2) is 24.3 Å². The molecule has 7 nitrogen and oxygen atoms in total. The molecule has 1 aliphatic heterocycles. The second-order valence-corrected chi connectivity index (χ2v) is 8.88. The van der Waals surface area contributed by atoms with Crippen LogP contribution in [0.25, 0.3) is 16.7 Å². The fraction of sp³-hybridized carbons (Fsp3) is 0.500. The zero-order chi connectivity index (χ0) is 24.1. The summed E-state index contributed by atoms with van der Waals surface area (Å²) in [7, 11) is 0. The first-order valence-corrected chi connectivity index (χ1v) is 12.2. The minimum atomic E-state index is -0.330. The molecular formula is C26H34FN5O2. The number of amides is 1. The van der Waals surface area contributed by atoms with Crippen LogP contribution in [0.5, 0.6) is 5.88 Å². The van der Waals surface area contributed by atoms with E-state index in [1.807, 2.05) is 20.8 Å². The number of hydrogen-bond acceptors (Lipinski definition) is 5. The number of fused-ring (bicyclic) bond motifs is 1. The number of nitrogens with one attached hydrogen (secondary N) is 1. The van der Waals surface area contributed by atoms with Crippen molar-refractivity contribution >= 4 is 16.9 Å². The van der Waals surface area contributed by atoms with E-state index in [4.69, 9.17) is 9.72 Å². The molecule has 1 amide bonds. The number of hydrogen-bond donors (Lipinski definition) is 1. The first-order chi connectivity index (χ1) is 16.5. The SMILES string of the molecule is CCOc1nc2c(c(C)nn2-c2cccc(F)c2)c(C)c1CCC(=O)NCCN1CCCCC1. The average Bonchev–Trinajstić information content (AvgIpc) is 3.16. The van der Waals surface area contributed by atoms with Crippen molar-refractivity contribution in [1.29, 1.82) is 0 Å². The number of likely N-dealkylation sites (tertiary alicyclic amines) is 1. The van der Waals surface area contributed by atoms with Crippen LogP contribution >= 0.6 is 0 Å². The molecule has 0 aliphatic carbocycles. The van der Waals surface area contributed by atoms with E-state index in [-0.39, 0.29) is 11.7 Å². The molecule has 0 radical (unpaired) electrons. The third-order valence-electron chi connectivity index (χ3n) is 6.46. The molecule has 0 unspecified atom stereocenters. The molecule has 0 bridgehead atoms. The van der Waals surface area contributed by atoms with Gasteiger partial charge in [0.15, 0.2) is 5.65 Å². The number of halogens is 1. The number of rotatable bonds is 9. The zero-order valence-corrected chi connectivity index (χ0v) is 20.4. The Labute approximate surface area is 200 Å². The molecule has 1 aromatic carbocycles. The summed E-state index contributed by atoms with van der Waals surface area (Å²) in [5.41, 5.74) is 3.95. The fourth-order valence-corrected chi connectivity index (χ4v) is 4.73. The fourth-order valence-electron chi connectivity index (χ4n) is 4.73. The molecule has 0 spiro atoms. The molecule has 4 rings (SSSR count). The lowest BCUT2D eigenvalue weighted by molar-refractivity contribution is -0.121. The van der Waals surface area contributed by atoms with E-state index < -0.39 is 0 Å². The smallest absolute Gasteiger partial charge is 0.220 e. The number of carbonyl (C=O) groups is 1. The number of aryl methyl sites for hydroxylation is 2. The lowest BCUT2D eigenvalue weighted by Gasteiger charge is -2.26. The number of carbonyl (C=O) groups excluding carboxylic acids is 1. The Hall–Kier alpha value is -3.00. The highest BCUT2D eigenvalue weighted by Crippen LogP contribution is 2.32. The van der Waals surface area contributed by atoms with E-state index in [2.05, 4.69) is 15.3 Å². The topological polar surface area (TPSA) is 72.3 Å². The van der Waals surface area contributed by atoms with Gasteiger partial charge in [0, 0.05) is 30.5 Å². The van der Waals surface area contributed by atoms with Crippen molar-refractivity contribution in [2.45, 2.75) is 52.9 Å². The van der Waals surface area contributed by atoms with Crippen LogP contribution in [-0.4, -0.2) is 58.4 Å². The van der Waals surface area contributed by atoms with E-state index in [9.17, 15) is 9.18 Å². The van der Waals surface area contributed by atoms with Gasteiger partial charge in [-0.1, -0.05) is 12.5 Å². The average molecular weight is 468 g/mol. The summed E-state index contributed by atoms with van der Waals surface area (Å²) in [4.78, 5) is 19.7. The number of aromatic nitrogens is 3. The quantitative estimate of drug-likeness (QED) is 0.513. The third kappa shape index (κ3) is 5.38. The van der Waals surface area contributed by atoms with Crippen molar-refractivity contribution < 1.29 is 13.9 Å². The van der Waals surface area contributed by atoms with Crippen molar-refractivity contribution in [1.82, 2.24) is 25.0 Å². The third-order valence-corrected chi connectivity index (χ3v) is 6.46. The molecule has 34 heavy (non-hydrogen) atoms. The maximum Gasteiger partial charge on any atom is 0.220 e. The molecule has 1 N–H and O–H groups in total. The summed E-state index contributed by atoms with van der Waals surface area (Å²) in [6, 6.07) is 6.30. The largest absolute Gasteiger partial charge is 0.478 e. The van der Waals surface area contributed by atoms with E-state index >= 15 is 0 Å². The summed E-state index contributed by atoms with van der Waals surface area (Å²) >= 11 is 0. The van der Waals surface area contributed by atoms with Crippen LogP contribution in [0.4, 0.5) is 4.39 Å². The zero-order valence-electron chi connectivity index (χ0n) is 20.4. The highest BCUT2D eigenvalue weighted by atomic mass is 19.1. The maximum absolute atomic E-state index is 13.8. The van der Waals surface area contributed by atoms with Gasteiger partial charge in [-0.05, 0) is 76.9 Å². The number of piperidine rings is 1. The van der Waals surface area contributed by atoms with Crippen molar-refractivity contribution in [2.75, 3.05) is 32.8 Å². The van der Waals surface area contributed by atoms with Crippen molar-refractivity contribution in [3.63, 3.8) is 0 Å². The Kier molecular flexibility index (Phi) is 7.77. The van der Waals surface area contributed by atoms with Gasteiger partial charge in [-0.15, -0.1) is 0 Å². The second-order valence-electron chi connectivity index (χ2n) is 8.88. The first kappa shape index (κ1) is 24.1. The highest BCUT2D eigenvalue weighted by molar-refractivity contribution is 5.86. The molecule has 1 saturated heterocycles. The Bertz CT molecular complexity index is 1150. The monoisotopic (exact) mass is 467 g/mol. The molecule has 1 aliphatic rings. The van der Waals surface area contributed by atoms with E-state index in [1.165, 1.54) is 31.4 Å². The Morgan fingerprint density at radius 1 is 1.21 bits per heavy atom. The van der Waals surface area contributed by atoms with Crippen LogP contribution in [0.2, 0.25) is 0 Å². The molecule has 8 heteroatoms. The predicted molar refractivity (Wildman–Crippen MR) is 131 cm³/mol. The number of ether oxygens (including phenoxy) is 1. The minimum absolute atomic E-state index is 0.0335. The molecular weight excluding hydrogens is 433 g/mol. The van der Waals surface area contributed by atoms with Crippen LogP contribution in [-0.2, 0) is 11.2 Å². The predicted octanol–water partition coefficient (Wildman–Crippen LogP) is 4.11. The van der Waals surface area contributed by atoms with Crippen molar-refractivity contribution in [2.24, 2.45) is 0 Å². The van der Waals surface area contributed by atoms with Crippen LogP contribution in [0, 0.1) is 19.7 Å². The van der Waals surface area contributed by atoms with Gasteiger partial charge in [0.25, 0.3) is 0 Å². The lowest BCUT2D eigenvalue weighted by atomic mass is 10.0. The number of benzene rings is 1. The second kappa shape index (κ2) is 11.0. The van der Waals surface area contributed by atoms with Gasteiger partial charge in [0.05, 0.1) is 18.0 Å². The maximum atomic E-state index is 13.8. The minimum Gasteiger partial charge on any atom is -0.478 e. The van der Waals surface area contributed by atoms with Gasteiger partial charge in [-0.3, -0.25) is 4.79 Å². The first-order valence-electron chi connectivity index (χ1n) is 12.2. The standard InChI is InChI=1S/C26H34FN5O2/c1-4-34-26-22(11-12-23(33)28-13-16-31-14-6-5-7-15-31)18(2)24-19(3)30-32(25(24)29-26)21-10-8-9-20(27)17-21/h8-10,17H,4-7,11-16H2,1-3H3,(H,28,33). The van der Waals surface area contributed by atoms with Gasteiger partial charge >= 0.3 is 0 Å². The number of pyridine rings is 1. The normalized spacial score (nSPS) is 14.5. The summed E-state index contributed by atoms with van der Waals surface area (Å²) in [6.45, 7) is 10.1. The van der Waals surface area contributed by atoms with Gasteiger partial charge in [0.1, 0.15) is 5.82 Å². The molecule has 0 atom stereocenters. The van der Waals surface area contributed by atoms with Crippen molar-refractivity contribution in [3.8, 4) is 11.6 Å². The summed E-state index contributed by atoms with van der Waals surface area (Å²) in [5, 5.41) is 8.60. The van der Waals surface area contributed by atoms with Crippen LogP contribution in [0.1, 0.15) is 49.4 Å². The molecule has 182 valence electrons. The summed E-state index contributed by atoms with van der Waals surface area (Å²) in [5.74, 6) is 0.209. The molecule has 2 aromatic heterocycles. The van der Waals surface area contributed by atoms with E-state index in [1.54, 1.807) is 16.8 Å².